The molecule has 1 aliphatic rings. The minimum Gasteiger partial charge on any atom is -0.394 e. The van der Waals surface area contributed by atoms with Crippen LogP contribution in [0.5, 0.6) is 0 Å². The van der Waals surface area contributed by atoms with Gasteiger partial charge in [-0.2, -0.15) is 0 Å². The molecule has 1 saturated heterocycles. The van der Waals surface area contributed by atoms with Gasteiger partial charge < -0.3 is 10.4 Å². The first-order valence-electron chi connectivity index (χ1n) is 7.21. The molecule has 1 heterocycles. The van der Waals surface area contributed by atoms with Gasteiger partial charge in [-0.1, -0.05) is 13.8 Å². The van der Waals surface area contributed by atoms with Crippen LogP contribution in [0.2, 0.25) is 0 Å². The summed E-state index contributed by atoms with van der Waals surface area (Å²) in [5, 5.41) is 13.1. The third-order valence-electron chi connectivity index (χ3n) is 3.70. The molecule has 4 nitrogen and oxygen atoms in total. The molecule has 1 aliphatic heterocycles. The maximum absolute atomic E-state index is 9.61. The zero-order valence-corrected chi connectivity index (χ0v) is 12.7. The highest BCUT2D eigenvalue weighted by molar-refractivity contribution is 4.89. The van der Waals surface area contributed by atoms with Gasteiger partial charge >= 0.3 is 0 Å². The van der Waals surface area contributed by atoms with Crippen molar-refractivity contribution in [2.75, 3.05) is 39.3 Å². The quantitative estimate of drug-likeness (QED) is 0.737. The Balaban J connectivity index is 2.43. The van der Waals surface area contributed by atoms with Crippen LogP contribution in [-0.2, 0) is 0 Å². The fourth-order valence-electron chi connectivity index (χ4n) is 2.77. The Labute approximate surface area is 112 Å². The van der Waals surface area contributed by atoms with E-state index in [4.69, 9.17) is 0 Å². The Morgan fingerprint density at radius 1 is 1.11 bits per heavy atom. The Hall–Kier alpha value is -0.160. The summed E-state index contributed by atoms with van der Waals surface area (Å²) in [6, 6.07) is 1.05. The summed E-state index contributed by atoms with van der Waals surface area (Å²) in [5.41, 5.74) is -0.186. The number of nitrogens with one attached hydrogen (secondary N) is 1. The molecule has 0 aromatic carbocycles. The lowest BCUT2D eigenvalue weighted by Crippen LogP contribution is -2.59. The second-order valence-corrected chi connectivity index (χ2v) is 6.42. The predicted molar refractivity (Wildman–Crippen MR) is 76.9 cm³/mol. The lowest BCUT2D eigenvalue weighted by atomic mass is 10.0. The molecule has 1 fully saturated rings. The fourth-order valence-corrected chi connectivity index (χ4v) is 2.77. The number of piperazine rings is 1. The first-order valence-corrected chi connectivity index (χ1v) is 7.21. The van der Waals surface area contributed by atoms with E-state index in [1.807, 2.05) is 0 Å². The summed E-state index contributed by atoms with van der Waals surface area (Å²) >= 11 is 0. The van der Waals surface area contributed by atoms with Crippen molar-refractivity contribution in [3.8, 4) is 0 Å². The molecule has 1 rings (SSSR count). The van der Waals surface area contributed by atoms with E-state index in [1.165, 1.54) is 0 Å². The van der Waals surface area contributed by atoms with Gasteiger partial charge in [-0.05, 0) is 20.8 Å². The van der Waals surface area contributed by atoms with Crippen LogP contribution in [0, 0.1) is 0 Å². The van der Waals surface area contributed by atoms with Crippen LogP contribution >= 0.6 is 0 Å². The Morgan fingerprint density at radius 2 is 1.67 bits per heavy atom. The molecule has 0 amide bonds. The van der Waals surface area contributed by atoms with Gasteiger partial charge in [0.1, 0.15) is 0 Å². The van der Waals surface area contributed by atoms with Crippen LogP contribution in [0.1, 0.15) is 34.6 Å². The zero-order chi connectivity index (χ0) is 13.8. The number of rotatable bonds is 6. The van der Waals surface area contributed by atoms with E-state index < -0.39 is 0 Å². The number of aliphatic hydroxyl groups is 1. The topological polar surface area (TPSA) is 38.7 Å². The van der Waals surface area contributed by atoms with Crippen LogP contribution < -0.4 is 5.32 Å². The molecule has 0 bridgehead atoms. The van der Waals surface area contributed by atoms with E-state index >= 15 is 0 Å². The zero-order valence-electron chi connectivity index (χ0n) is 12.7. The highest BCUT2D eigenvalue weighted by atomic mass is 16.3. The average Bonchev–Trinajstić information content (AvgIpc) is 2.28. The summed E-state index contributed by atoms with van der Waals surface area (Å²) in [5.74, 6) is 0. The minimum atomic E-state index is -0.186. The molecule has 1 unspecified atom stereocenters. The maximum Gasteiger partial charge on any atom is 0.0623 e. The molecular formula is C14H31N3O. The van der Waals surface area contributed by atoms with Gasteiger partial charge in [-0.15, -0.1) is 0 Å². The third kappa shape index (κ3) is 4.84. The Kier molecular flexibility index (Phi) is 6.05. The SMILES string of the molecule is CC(C)NC(C)(CO)CN1CCN(C(C)C)CC1. The van der Waals surface area contributed by atoms with Gasteiger partial charge in [0.25, 0.3) is 0 Å². The summed E-state index contributed by atoms with van der Waals surface area (Å²) in [7, 11) is 0. The summed E-state index contributed by atoms with van der Waals surface area (Å²) in [6.07, 6.45) is 0. The molecule has 1 atom stereocenters. The van der Waals surface area contributed by atoms with Crippen molar-refractivity contribution in [2.45, 2.75) is 52.2 Å². The van der Waals surface area contributed by atoms with Gasteiger partial charge in [-0.25, -0.2) is 0 Å². The van der Waals surface area contributed by atoms with E-state index in [9.17, 15) is 5.11 Å². The van der Waals surface area contributed by atoms with Crippen LogP contribution in [0.25, 0.3) is 0 Å². The van der Waals surface area contributed by atoms with Crippen molar-refractivity contribution in [3.05, 3.63) is 0 Å². The number of hydrogen-bond acceptors (Lipinski definition) is 4. The monoisotopic (exact) mass is 257 g/mol. The van der Waals surface area contributed by atoms with Gasteiger partial charge in [0, 0.05) is 44.8 Å². The van der Waals surface area contributed by atoms with E-state index in [0.717, 1.165) is 32.7 Å². The Bertz CT molecular complexity index is 237. The number of hydrogen-bond donors (Lipinski definition) is 2. The van der Waals surface area contributed by atoms with Crippen molar-refractivity contribution in [1.29, 1.82) is 0 Å². The average molecular weight is 257 g/mol. The third-order valence-corrected chi connectivity index (χ3v) is 3.70. The lowest BCUT2D eigenvalue weighted by molar-refractivity contribution is 0.0643. The van der Waals surface area contributed by atoms with Crippen LogP contribution in [0.15, 0.2) is 0 Å². The molecule has 0 spiro atoms. The van der Waals surface area contributed by atoms with E-state index in [1.54, 1.807) is 0 Å². The number of aliphatic hydroxyl groups excluding tert-OH is 1. The van der Waals surface area contributed by atoms with Gasteiger partial charge in [0.05, 0.1) is 12.1 Å². The smallest absolute Gasteiger partial charge is 0.0623 e. The summed E-state index contributed by atoms with van der Waals surface area (Å²) < 4.78 is 0. The van der Waals surface area contributed by atoms with Gasteiger partial charge in [0.2, 0.25) is 0 Å². The Morgan fingerprint density at radius 3 is 2.06 bits per heavy atom. The van der Waals surface area contributed by atoms with Crippen molar-refractivity contribution >= 4 is 0 Å². The van der Waals surface area contributed by atoms with Gasteiger partial charge in [0.15, 0.2) is 0 Å². The molecule has 2 N–H and O–H groups in total. The molecule has 108 valence electrons. The van der Waals surface area contributed by atoms with Gasteiger partial charge in [-0.3, -0.25) is 9.80 Å². The van der Waals surface area contributed by atoms with Crippen LogP contribution in [0.4, 0.5) is 0 Å². The normalized spacial score (nSPS) is 22.7. The molecule has 0 aromatic rings. The second-order valence-electron chi connectivity index (χ2n) is 6.42. The number of nitrogens with zero attached hydrogens (tertiary/aromatic N) is 2. The van der Waals surface area contributed by atoms with E-state index in [2.05, 4.69) is 49.7 Å². The summed E-state index contributed by atoms with van der Waals surface area (Å²) in [4.78, 5) is 4.98. The highest BCUT2D eigenvalue weighted by Crippen LogP contribution is 2.11. The maximum atomic E-state index is 9.61. The molecule has 0 radical (unpaired) electrons. The van der Waals surface area contributed by atoms with Crippen molar-refractivity contribution in [1.82, 2.24) is 15.1 Å². The first-order chi connectivity index (χ1) is 8.36. The standard InChI is InChI=1S/C14H31N3O/c1-12(2)15-14(5,11-18)10-16-6-8-17(9-7-16)13(3)4/h12-13,15,18H,6-11H2,1-5H3. The van der Waals surface area contributed by atoms with E-state index in [-0.39, 0.29) is 12.1 Å². The lowest BCUT2D eigenvalue weighted by Gasteiger charge is -2.41. The predicted octanol–water partition coefficient (Wildman–Crippen LogP) is 0.761. The van der Waals surface area contributed by atoms with E-state index in [0.29, 0.717) is 12.1 Å². The largest absolute Gasteiger partial charge is 0.394 e. The first kappa shape index (κ1) is 15.9. The molecule has 18 heavy (non-hydrogen) atoms. The molecule has 4 heteroatoms. The minimum absolute atomic E-state index is 0.186. The van der Waals surface area contributed by atoms with Crippen molar-refractivity contribution in [2.24, 2.45) is 0 Å². The summed E-state index contributed by atoms with van der Waals surface area (Å²) in [6.45, 7) is 16.5. The molecular weight excluding hydrogens is 226 g/mol. The second kappa shape index (κ2) is 6.85. The van der Waals surface area contributed by atoms with Crippen LogP contribution in [0.3, 0.4) is 0 Å². The highest BCUT2D eigenvalue weighted by Gasteiger charge is 2.29. The van der Waals surface area contributed by atoms with Crippen molar-refractivity contribution < 1.29 is 5.11 Å². The molecule has 0 aliphatic carbocycles. The van der Waals surface area contributed by atoms with Crippen molar-refractivity contribution in [3.63, 3.8) is 0 Å². The fraction of sp³-hybridized carbons (Fsp3) is 1.00. The van der Waals surface area contributed by atoms with Crippen LogP contribution in [-0.4, -0.2) is 71.9 Å². The molecule has 0 aromatic heterocycles. The molecule has 0 saturated carbocycles.